The molecule has 94 valence electrons. The molecule has 2 saturated carbocycles. The maximum absolute atomic E-state index is 10.3. The minimum atomic E-state index is -0.140. The molecule has 0 spiro atoms. The van der Waals surface area contributed by atoms with E-state index in [0.29, 0.717) is 6.04 Å². The van der Waals surface area contributed by atoms with Crippen LogP contribution in [0.4, 0.5) is 0 Å². The first-order valence-corrected chi connectivity index (χ1v) is 6.89. The van der Waals surface area contributed by atoms with Crippen LogP contribution in [0.25, 0.3) is 0 Å². The molecule has 0 heterocycles. The van der Waals surface area contributed by atoms with E-state index in [1.807, 2.05) is 0 Å². The summed E-state index contributed by atoms with van der Waals surface area (Å²) in [5, 5.41) is 10.3. The highest BCUT2D eigenvalue weighted by Crippen LogP contribution is 2.40. The van der Waals surface area contributed by atoms with Crippen LogP contribution >= 0.6 is 0 Å². The average Bonchev–Trinajstić information content (AvgIpc) is 2.77. The second-order valence-corrected chi connectivity index (χ2v) is 6.63. The Bertz CT molecular complexity index is 233. The van der Waals surface area contributed by atoms with Gasteiger partial charge in [-0.25, -0.2) is 0 Å². The smallest absolute Gasteiger partial charge is 0.0746 e. The summed E-state index contributed by atoms with van der Waals surface area (Å²) in [6.07, 6.45) is 7.81. The zero-order valence-corrected chi connectivity index (χ0v) is 11.1. The summed E-state index contributed by atoms with van der Waals surface area (Å²) in [6, 6.07) is 0.399. The van der Waals surface area contributed by atoms with Gasteiger partial charge in [0, 0.05) is 12.6 Å². The molecular formula is C14H27NO. The monoisotopic (exact) mass is 225 g/mol. The van der Waals surface area contributed by atoms with Crippen molar-refractivity contribution in [3.8, 4) is 0 Å². The summed E-state index contributed by atoms with van der Waals surface area (Å²) in [5.41, 5.74) is 0.120. The predicted molar refractivity (Wildman–Crippen MR) is 67.4 cm³/mol. The molecule has 0 saturated heterocycles. The second-order valence-electron chi connectivity index (χ2n) is 6.63. The Hall–Kier alpha value is -0.0800. The lowest BCUT2D eigenvalue weighted by Gasteiger charge is -2.33. The summed E-state index contributed by atoms with van der Waals surface area (Å²) in [4.78, 5) is 2.43. The van der Waals surface area contributed by atoms with E-state index in [9.17, 15) is 5.11 Å². The Kier molecular flexibility index (Phi) is 3.60. The number of rotatable bonds is 3. The van der Waals surface area contributed by atoms with E-state index in [1.165, 1.54) is 32.2 Å². The molecule has 0 aromatic rings. The molecule has 0 bridgehead atoms. The molecule has 2 aliphatic rings. The second kappa shape index (κ2) is 4.66. The van der Waals surface area contributed by atoms with E-state index in [2.05, 4.69) is 25.8 Å². The van der Waals surface area contributed by atoms with Crippen LogP contribution in [0, 0.1) is 11.3 Å². The van der Waals surface area contributed by atoms with Gasteiger partial charge in [0.05, 0.1) is 6.10 Å². The first-order chi connectivity index (χ1) is 7.50. The molecule has 2 rings (SSSR count). The van der Waals surface area contributed by atoms with Crippen LogP contribution < -0.4 is 0 Å². The van der Waals surface area contributed by atoms with Crippen molar-refractivity contribution in [3.05, 3.63) is 0 Å². The fourth-order valence-corrected chi connectivity index (χ4v) is 3.54. The lowest BCUT2D eigenvalue weighted by molar-refractivity contribution is 0.0191. The van der Waals surface area contributed by atoms with E-state index in [-0.39, 0.29) is 11.5 Å². The Morgan fingerprint density at radius 3 is 2.31 bits per heavy atom. The largest absolute Gasteiger partial charge is 0.391 e. The molecule has 2 unspecified atom stereocenters. The van der Waals surface area contributed by atoms with Crippen LogP contribution in [-0.4, -0.2) is 35.7 Å². The van der Waals surface area contributed by atoms with Gasteiger partial charge in [-0.1, -0.05) is 26.7 Å². The summed E-state index contributed by atoms with van der Waals surface area (Å²) in [5.74, 6) is 0.890. The third kappa shape index (κ3) is 2.43. The van der Waals surface area contributed by atoms with Crippen LogP contribution in [0.15, 0.2) is 0 Å². The van der Waals surface area contributed by atoms with Crippen molar-refractivity contribution >= 4 is 0 Å². The van der Waals surface area contributed by atoms with Crippen molar-refractivity contribution in [2.24, 2.45) is 11.3 Å². The van der Waals surface area contributed by atoms with Crippen molar-refractivity contribution in [1.29, 1.82) is 0 Å². The van der Waals surface area contributed by atoms with Gasteiger partial charge in [-0.2, -0.15) is 0 Å². The van der Waals surface area contributed by atoms with Gasteiger partial charge in [0.2, 0.25) is 0 Å². The normalized spacial score (nSPS) is 35.1. The van der Waals surface area contributed by atoms with E-state index in [4.69, 9.17) is 0 Å². The van der Waals surface area contributed by atoms with Crippen LogP contribution in [0.2, 0.25) is 0 Å². The minimum Gasteiger partial charge on any atom is -0.391 e. The third-order valence-corrected chi connectivity index (χ3v) is 4.84. The van der Waals surface area contributed by atoms with Crippen LogP contribution in [0.3, 0.4) is 0 Å². The van der Waals surface area contributed by atoms with Crippen molar-refractivity contribution in [2.75, 3.05) is 13.6 Å². The molecule has 16 heavy (non-hydrogen) atoms. The molecule has 0 radical (unpaired) electrons. The van der Waals surface area contributed by atoms with Crippen LogP contribution in [0.1, 0.15) is 52.4 Å². The predicted octanol–water partition coefficient (Wildman–Crippen LogP) is 2.66. The number of hydrogen-bond donors (Lipinski definition) is 1. The maximum atomic E-state index is 10.3. The first-order valence-electron chi connectivity index (χ1n) is 6.89. The van der Waals surface area contributed by atoms with Gasteiger partial charge in [-0.05, 0) is 44.1 Å². The van der Waals surface area contributed by atoms with E-state index >= 15 is 0 Å². The van der Waals surface area contributed by atoms with Gasteiger partial charge in [0.1, 0.15) is 0 Å². The van der Waals surface area contributed by atoms with Gasteiger partial charge >= 0.3 is 0 Å². The SMILES string of the molecule is CN(CC1CCCC1)C1CCC(C)(C)C1O. The molecule has 0 amide bonds. The highest BCUT2D eigenvalue weighted by Gasteiger charge is 2.42. The van der Waals surface area contributed by atoms with E-state index in [0.717, 1.165) is 18.8 Å². The zero-order valence-electron chi connectivity index (χ0n) is 11.1. The molecule has 2 heteroatoms. The molecule has 0 aromatic carbocycles. The number of aliphatic hydroxyl groups is 1. The van der Waals surface area contributed by atoms with Crippen molar-refractivity contribution in [2.45, 2.75) is 64.5 Å². The summed E-state index contributed by atoms with van der Waals surface area (Å²) in [7, 11) is 2.20. The third-order valence-electron chi connectivity index (χ3n) is 4.84. The van der Waals surface area contributed by atoms with Crippen molar-refractivity contribution in [1.82, 2.24) is 4.90 Å². The quantitative estimate of drug-likeness (QED) is 0.798. The topological polar surface area (TPSA) is 23.5 Å². The van der Waals surface area contributed by atoms with Gasteiger partial charge in [0.25, 0.3) is 0 Å². The number of likely N-dealkylation sites (N-methyl/N-ethyl adjacent to an activating group) is 1. The van der Waals surface area contributed by atoms with Crippen molar-refractivity contribution in [3.63, 3.8) is 0 Å². The first kappa shape index (κ1) is 12.4. The lowest BCUT2D eigenvalue weighted by Crippen LogP contribution is -2.43. The van der Waals surface area contributed by atoms with Gasteiger partial charge in [-0.15, -0.1) is 0 Å². The standard InChI is InChI=1S/C14H27NO/c1-14(2)9-8-12(13(14)16)15(3)10-11-6-4-5-7-11/h11-13,16H,4-10H2,1-3H3. The lowest BCUT2D eigenvalue weighted by atomic mass is 9.88. The number of hydrogen-bond acceptors (Lipinski definition) is 2. The Morgan fingerprint density at radius 2 is 1.81 bits per heavy atom. The number of nitrogens with zero attached hydrogens (tertiary/aromatic N) is 1. The van der Waals surface area contributed by atoms with Gasteiger partial charge in [-0.3, -0.25) is 0 Å². The zero-order chi connectivity index (χ0) is 11.8. The van der Waals surface area contributed by atoms with E-state index in [1.54, 1.807) is 0 Å². The highest BCUT2D eigenvalue weighted by molar-refractivity contribution is 4.96. The van der Waals surface area contributed by atoms with Crippen LogP contribution in [0.5, 0.6) is 0 Å². The summed E-state index contributed by atoms with van der Waals surface area (Å²) >= 11 is 0. The molecule has 2 nitrogen and oxygen atoms in total. The molecule has 0 aromatic heterocycles. The van der Waals surface area contributed by atoms with Crippen LogP contribution in [-0.2, 0) is 0 Å². The summed E-state index contributed by atoms with van der Waals surface area (Å²) < 4.78 is 0. The Balaban J connectivity index is 1.87. The molecule has 1 N–H and O–H groups in total. The minimum absolute atomic E-state index is 0.120. The van der Waals surface area contributed by atoms with Gasteiger partial charge < -0.3 is 10.0 Å². The maximum Gasteiger partial charge on any atom is 0.0746 e. The highest BCUT2D eigenvalue weighted by atomic mass is 16.3. The fourth-order valence-electron chi connectivity index (χ4n) is 3.54. The molecule has 0 aliphatic heterocycles. The number of aliphatic hydroxyl groups excluding tert-OH is 1. The average molecular weight is 225 g/mol. The van der Waals surface area contributed by atoms with E-state index < -0.39 is 0 Å². The molecule has 2 fully saturated rings. The summed E-state index contributed by atoms with van der Waals surface area (Å²) in [6.45, 7) is 5.58. The molecule has 2 atom stereocenters. The Labute approximate surface area is 100 Å². The molecule has 2 aliphatic carbocycles. The van der Waals surface area contributed by atoms with Crippen molar-refractivity contribution < 1.29 is 5.11 Å². The fraction of sp³-hybridized carbons (Fsp3) is 1.00. The Morgan fingerprint density at radius 1 is 1.19 bits per heavy atom. The van der Waals surface area contributed by atoms with Gasteiger partial charge in [0.15, 0.2) is 0 Å². The molecular weight excluding hydrogens is 198 g/mol.